The minimum atomic E-state index is 0.296. The van der Waals surface area contributed by atoms with Crippen LogP contribution in [0.1, 0.15) is 24.1 Å². The molecule has 5 heteroatoms. The monoisotopic (exact) mass is 326 g/mol. The van der Waals surface area contributed by atoms with E-state index >= 15 is 0 Å². The van der Waals surface area contributed by atoms with Crippen molar-refractivity contribution < 1.29 is 0 Å². The SMILES string of the molecule is CCc1ccc([C@H](CNc2ncnc3sccc23)N(C)C)cc1. The Morgan fingerprint density at radius 1 is 1.13 bits per heavy atom. The van der Waals surface area contributed by atoms with Gasteiger partial charge in [-0.05, 0) is 43.1 Å². The molecule has 2 aromatic heterocycles. The quantitative estimate of drug-likeness (QED) is 0.744. The summed E-state index contributed by atoms with van der Waals surface area (Å²) in [5, 5.41) is 6.64. The van der Waals surface area contributed by atoms with Crippen molar-refractivity contribution in [2.75, 3.05) is 26.0 Å². The van der Waals surface area contributed by atoms with E-state index in [1.165, 1.54) is 11.1 Å². The minimum Gasteiger partial charge on any atom is -0.368 e. The highest BCUT2D eigenvalue weighted by atomic mass is 32.1. The maximum Gasteiger partial charge on any atom is 0.138 e. The van der Waals surface area contributed by atoms with Crippen LogP contribution in [-0.2, 0) is 6.42 Å². The normalized spacial score (nSPS) is 12.7. The molecule has 0 saturated heterocycles. The fourth-order valence-electron chi connectivity index (χ4n) is 2.70. The van der Waals surface area contributed by atoms with E-state index < -0.39 is 0 Å². The van der Waals surface area contributed by atoms with Crippen molar-refractivity contribution in [3.63, 3.8) is 0 Å². The molecule has 23 heavy (non-hydrogen) atoms. The Morgan fingerprint density at radius 2 is 1.91 bits per heavy atom. The fraction of sp³-hybridized carbons (Fsp3) is 0.333. The van der Waals surface area contributed by atoms with Gasteiger partial charge in [-0.1, -0.05) is 31.2 Å². The number of nitrogens with zero attached hydrogens (tertiary/aromatic N) is 3. The van der Waals surface area contributed by atoms with E-state index in [2.05, 4.69) is 76.9 Å². The van der Waals surface area contributed by atoms with Gasteiger partial charge in [0.05, 0.1) is 11.4 Å². The molecule has 3 aromatic rings. The number of rotatable bonds is 6. The van der Waals surface area contributed by atoms with Gasteiger partial charge >= 0.3 is 0 Å². The molecule has 0 radical (unpaired) electrons. The smallest absolute Gasteiger partial charge is 0.138 e. The van der Waals surface area contributed by atoms with Crippen LogP contribution in [0.15, 0.2) is 42.0 Å². The number of thiophene rings is 1. The number of nitrogens with one attached hydrogen (secondary N) is 1. The second-order valence-electron chi connectivity index (χ2n) is 5.82. The molecule has 2 heterocycles. The maximum absolute atomic E-state index is 4.40. The number of likely N-dealkylation sites (N-methyl/N-ethyl adjacent to an activating group) is 1. The van der Waals surface area contributed by atoms with Gasteiger partial charge in [-0.3, -0.25) is 0 Å². The zero-order valence-electron chi connectivity index (χ0n) is 13.8. The van der Waals surface area contributed by atoms with Crippen molar-refractivity contribution in [2.45, 2.75) is 19.4 Å². The molecule has 0 aliphatic heterocycles. The highest BCUT2D eigenvalue weighted by Gasteiger charge is 2.15. The van der Waals surface area contributed by atoms with Gasteiger partial charge < -0.3 is 10.2 Å². The summed E-state index contributed by atoms with van der Waals surface area (Å²) in [5.74, 6) is 0.910. The van der Waals surface area contributed by atoms with Gasteiger partial charge in [0.25, 0.3) is 0 Å². The van der Waals surface area contributed by atoms with Gasteiger partial charge in [-0.15, -0.1) is 11.3 Å². The summed E-state index contributed by atoms with van der Waals surface area (Å²) < 4.78 is 0. The summed E-state index contributed by atoms with van der Waals surface area (Å²) in [7, 11) is 4.22. The van der Waals surface area contributed by atoms with Crippen LogP contribution in [0, 0.1) is 0 Å². The molecular formula is C18H22N4S. The molecule has 4 nitrogen and oxygen atoms in total. The van der Waals surface area contributed by atoms with Crippen molar-refractivity contribution in [2.24, 2.45) is 0 Å². The van der Waals surface area contributed by atoms with Gasteiger partial charge in [0.2, 0.25) is 0 Å². The van der Waals surface area contributed by atoms with Gasteiger partial charge in [0.15, 0.2) is 0 Å². The molecule has 0 saturated carbocycles. The number of hydrogen-bond acceptors (Lipinski definition) is 5. The number of aromatic nitrogens is 2. The van der Waals surface area contributed by atoms with Crippen molar-refractivity contribution in [3.05, 3.63) is 53.2 Å². The summed E-state index contributed by atoms with van der Waals surface area (Å²) in [5.41, 5.74) is 2.69. The predicted octanol–water partition coefficient (Wildman–Crippen LogP) is 3.97. The standard InChI is InChI=1S/C18H22N4S/c1-4-13-5-7-14(8-6-13)16(22(2)3)11-19-17-15-9-10-23-18(15)21-12-20-17/h5-10,12,16H,4,11H2,1-3H3,(H,19,20,21)/t16-/m0/s1. The van der Waals surface area contributed by atoms with Gasteiger partial charge in [-0.25, -0.2) is 9.97 Å². The third-order valence-electron chi connectivity index (χ3n) is 4.12. The van der Waals surface area contributed by atoms with E-state index in [-0.39, 0.29) is 0 Å². The number of aryl methyl sites for hydroxylation is 1. The minimum absolute atomic E-state index is 0.296. The number of hydrogen-bond donors (Lipinski definition) is 1. The largest absolute Gasteiger partial charge is 0.368 e. The summed E-state index contributed by atoms with van der Waals surface area (Å²) in [4.78, 5) is 12.0. The van der Waals surface area contributed by atoms with E-state index in [0.717, 1.165) is 29.0 Å². The first-order valence-corrected chi connectivity index (χ1v) is 8.74. The van der Waals surface area contributed by atoms with Crippen molar-refractivity contribution >= 4 is 27.4 Å². The summed E-state index contributed by atoms with van der Waals surface area (Å²) in [6, 6.07) is 11.3. The first-order chi connectivity index (χ1) is 11.2. The number of anilines is 1. The fourth-order valence-corrected chi connectivity index (χ4v) is 3.43. The van der Waals surface area contributed by atoms with E-state index in [9.17, 15) is 0 Å². The number of benzene rings is 1. The Bertz CT molecular complexity index is 764. The Kier molecular flexibility index (Phi) is 4.88. The molecule has 1 aromatic carbocycles. The molecule has 1 atom stereocenters. The lowest BCUT2D eigenvalue weighted by Gasteiger charge is -2.25. The molecule has 0 aliphatic rings. The second kappa shape index (κ2) is 7.06. The van der Waals surface area contributed by atoms with E-state index in [0.29, 0.717) is 6.04 Å². The predicted molar refractivity (Wildman–Crippen MR) is 98.2 cm³/mol. The molecule has 0 bridgehead atoms. The molecule has 0 spiro atoms. The van der Waals surface area contributed by atoms with Crippen LogP contribution in [0.2, 0.25) is 0 Å². The average Bonchev–Trinajstić information content (AvgIpc) is 3.04. The Balaban J connectivity index is 1.78. The van der Waals surface area contributed by atoms with Crippen LogP contribution < -0.4 is 5.32 Å². The van der Waals surface area contributed by atoms with Gasteiger partial charge in [0.1, 0.15) is 17.0 Å². The summed E-state index contributed by atoms with van der Waals surface area (Å²) in [6.45, 7) is 2.99. The topological polar surface area (TPSA) is 41.1 Å². The molecule has 0 aliphatic carbocycles. The van der Waals surface area contributed by atoms with Crippen LogP contribution in [-0.4, -0.2) is 35.5 Å². The van der Waals surface area contributed by atoms with Gasteiger partial charge in [0, 0.05) is 6.54 Å². The Labute approximate surface area is 141 Å². The van der Waals surface area contributed by atoms with E-state index in [1.807, 2.05) is 0 Å². The summed E-state index contributed by atoms with van der Waals surface area (Å²) in [6.07, 6.45) is 2.70. The van der Waals surface area contributed by atoms with Gasteiger partial charge in [-0.2, -0.15) is 0 Å². The third kappa shape index (κ3) is 3.51. The van der Waals surface area contributed by atoms with E-state index in [1.54, 1.807) is 17.7 Å². The van der Waals surface area contributed by atoms with Crippen molar-refractivity contribution in [1.29, 1.82) is 0 Å². The molecular weight excluding hydrogens is 304 g/mol. The highest BCUT2D eigenvalue weighted by molar-refractivity contribution is 7.16. The zero-order valence-corrected chi connectivity index (χ0v) is 14.6. The molecule has 0 amide bonds. The average molecular weight is 326 g/mol. The second-order valence-corrected chi connectivity index (χ2v) is 6.71. The lowest BCUT2D eigenvalue weighted by molar-refractivity contribution is 0.311. The van der Waals surface area contributed by atoms with Crippen LogP contribution in [0.25, 0.3) is 10.2 Å². The Morgan fingerprint density at radius 3 is 2.61 bits per heavy atom. The molecule has 0 unspecified atom stereocenters. The van der Waals surface area contributed by atoms with Crippen LogP contribution in [0.5, 0.6) is 0 Å². The van der Waals surface area contributed by atoms with Crippen LogP contribution in [0.4, 0.5) is 5.82 Å². The van der Waals surface area contributed by atoms with E-state index in [4.69, 9.17) is 0 Å². The lowest BCUT2D eigenvalue weighted by atomic mass is 10.0. The first kappa shape index (κ1) is 15.9. The zero-order chi connectivity index (χ0) is 16.2. The summed E-state index contributed by atoms with van der Waals surface area (Å²) >= 11 is 1.64. The molecule has 3 rings (SSSR count). The van der Waals surface area contributed by atoms with Crippen molar-refractivity contribution in [1.82, 2.24) is 14.9 Å². The maximum atomic E-state index is 4.40. The number of fused-ring (bicyclic) bond motifs is 1. The Hall–Kier alpha value is -1.98. The molecule has 0 fully saturated rings. The molecule has 120 valence electrons. The van der Waals surface area contributed by atoms with Crippen LogP contribution in [0.3, 0.4) is 0 Å². The van der Waals surface area contributed by atoms with Crippen LogP contribution >= 0.6 is 11.3 Å². The third-order valence-corrected chi connectivity index (χ3v) is 4.94. The first-order valence-electron chi connectivity index (χ1n) is 7.86. The highest BCUT2D eigenvalue weighted by Crippen LogP contribution is 2.25. The lowest BCUT2D eigenvalue weighted by Crippen LogP contribution is -2.27. The molecule has 1 N–H and O–H groups in total. The van der Waals surface area contributed by atoms with Crippen molar-refractivity contribution in [3.8, 4) is 0 Å².